The molecule has 0 saturated carbocycles. The zero-order valence-electron chi connectivity index (χ0n) is 11.7. The van der Waals surface area contributed by atoms with Crippen molar-refractivity contribution >= 4 is 5.84 Å². The Morgan fingerprint density at radius 3 is 3.05 bits per heavy atom. The normalized spacial score (nSPS) is 18.9. The van der Waals surface area contributed by atoms with Gasteiger partial charge in [-0.15, -0.1) is 0 Å². The molecule has 1 fully saturated rings. The summed E-state index contributed by atoms with van der Waals surface area (Å²) < 4.78 is 5.38. The molecule has 0 amide bonds. The topological polar surface area (TPSA) is 92.8 Å². The van der Waals surface area contributed by atoms with E-state index < -0.39 is 0 Å². The van der Waals surface area contributed by atoms with Crippen molar-refractivity contribution in [1.82, 2.24) is 10.3 Å². The number of rotatable bonds is 5. The summed E-state index contributed by atoms with van der Waals surface area (Å²) >= 11 is 0. The Morgan fingerprint density at radius 1 is 1.60 bits per heavy atom. The largest absolute Gasteiger partial charge is 0.409 e. The molecule has 2 rings (SSSR count). The van der Waals surface area contributed by atoms with Gasteiger partial charge in [0, 0.05) is 32.0 Å². The molecule has 1 saturated heterocycles. The van der Waals surface area contributed by atoms with Crippen molar-refractivity contribution in [2.75, 3.05) is 13.2 Å². The van der Waals surface area contributed by atoms with Crippen molar-refractivity contribution in [2.24, 2.45) is 16.8 Å². The second-order valence-corrected chi connectivity index (χ2v) is 5.15. The van der Waals surface area contributed by atoms with Crippen molar-refractivity contribution in [3.8, 4) is 0 Å². The van der Waals surface area contributed by atoms with E-state index in [1.54, 1.807) is 6.20 Å². The number of oxime groups is 1. The Bertz CT molecular complexity index is 458. The van der Waals surface area contributed by atoms with E-state index >= 15 is 0 Å². The zero-order chi connectivity index (χ0) is 14.4. The summed E-state index contributed by atoms with van der Waals surface area (Å²) in [6, 6.07) is 4.20. The van der Waals surface area contributed by atoms with Crippen LogP contribution in [0, 0.1) is 5.92 Å². The first kappa shape index (κ1) is 14.7. The quantitative estimate of drug-likeness (QED) is 0.324. The van der Waals surface area contributed by atoms with E-state index in [9.17, 15) is 0 Å². The van der Waals surface area contributed by atoms with Gasteiger partial charge in [-0.2, -0.15) is 0 Å². The lowest BCUT2D eigenvalue weighted by Crippen LogP contribution is -2.36. The molecule has 20 heavy (non-hydrogen) atoms. The lowest BCUT2D eigenvalue weighted by molar-refractivity contribution is 0.0558. The Hall–Kier alpha value is -1.66. The molecule has 1 unspecified atom stereocenters. The Labute approximate surface area is 119 Å². The molecule has 110 valence electrons. The first-order valence-corrected chi connectivity index (χ1v) is 6.94. The van der Waals surface area contributed by atoms with Crippen LogP contribution in [0.1, 0.15) is 31.0 Å². The Kier molecular flexibility index (Phi) is 5.31. The lowest BCUT2D eigenvalue weighted by Gasteiger charge is -2.28. The zero-order valence-corrected chi connectivity index (χ0v) is 11.7. The minimum absolute atomic E-state index is 0.0318. The van der Waals surface area contributed by atoms with Crippen molar-refractivity contribution < 1.29 is 9.94 Å². The van der Waals surface area contributed by atoms with Crippen LogP contribution in [0.15, 0.2) is 23.5 Å². The van der Waals surface area contributed by atoms with Crippen LogP contribution < -0.4 is 11.1 Å². The van der Waals surface area contributed by atoms with Gasteiger partial charge in [0.2, 0.25) is 0 Å². The van der Waals surface area contributed by atoms with Crippen LogP contribution in [0.5, 0.6) is 0 Å². The third kappa shape index (κ3) is 3.91. The highest BCUT2D eigenvalue weighted by Crippen LogP contribution is 2.18. The fourth-order valence-corrected chi connectivity index (χ4v) is 2.44. The molecule has 4 N–H and O–H groups in total. The monoisotopic (exact) mass is 278 g/mol. The lowest BCUT2D eigenvalue weighted by atomic mass is 9.93. The summed E-state index contributed by atoms with van der Waals surface area (Å²) in [6.45, 7) is 4.67. The molecule has 2 heterocycles. The van der Waals surface area contributed by atoms with Gasteiger partial charge in [-0.3, -0.25) is 4.98 Å². The average Bonchev–Trinajstić information content (AvgIpc) is 2.53. The van der Waals surface area contributed by atoms with E-state index in [1.165, 1.54) is 0 Å². The van der Waals surface area contributed by atoms with E-state index in [2.05, 4.69) is 22.4 Å². The second-order valence-electron chi connectivity index (χ2n) is 5.15. The van der Waals surface area contributed by atoms with Gasteiger partial charge in [0.25, 0.3) is 0 Å². The van der Waals surface area contributed by atoms with Crippen LogP contribution >= 0.6 is 0 Å². The molecule has 0 spiro atoms. The van der Waals surface area contributed by atoms with Crippen LogP contribution in [0.4, 0.5) is 0 Å². The number of ether oxygens (including phenoxy) is 1. The van der Waals surface area contributed by atoms with Gasteiger partial charge in [-0.05, 0) is 43.4 Å². The molecule has 0 aromatic carbocycles. The minimum Gasteiger partial charge on any atom is -0.409 e. The number of nitrogens with zero attached hydrogens (tertiary/aromatic N) is 2. The molecule has 0 bridgehead atoms. The maximum absolute atomic E-state index is 8.66. The SMILES string of the molecule is CC(NCc1ccnc(/C(N)=N/O)c1)C1CCOCC1. The summed E-state index contributed by atoms with van der Waals surface area (Å²) in [5.41, 5.74) is 7.10. The summed E-state index contributed by atoms with van der Waals surface area (Å²) in [4.78, 5) is 4.07. The van der Waals surface area contributed by atoms with E-state index in [1.807, 2.05) is 12.1 Å². The minimum atomic E-state index is 0.0318. The van der Waals surface area contributed by atoms with Crippen molar-refractivity contribution in [2.45, 2.75) is 32.4 Å². The maximum Gasteiger partial charge on any atom is 0.188 e. The number of aromatic nitrogens is 1. The van der Waals surface area contributed by atoms with E-state index in [4.69, 9.17) is 15.7 Å². The standard InChI is InChI=1S/C14H22N4O2/c1-10(12-3-6-20-7-4-12)17-9-11-2-5-16-13(8-11)14(15)18-19/h2,5,8,10,12,17,19H,3-4,6-7,9H2,1H3,(H2,15,18). The van der Waals surface area contributed by atoms with Gasteiger partial charge in [-0.25, -0.2) is 0 Å². The molecule has 0 aliphatic carbocycles. The van der Waals surface area contributed by atoms with Crippen LogP contribution in [0.3, 0.4) is 0 Å². The molecular formula is C14H22N4O2. The highest BCUT2D eigenvalue weighted by molar-refractivity contribution is 5.95. The van der Waals surface area contributed by atoms with E-state index in [0.29, 0.717) is 17.7 Å². The van der Waals surface area contributed by atoms with Crippen molar-refractivity contribution in [1.29, 1.82) is 0 Å². The van der Waals surface area contributed by atoms with Crippen LogP contribution in [0.2, 0.25) is 0 Å². The fourth-order valence-electron chi connectivity index (χ4n) is 2.44. The molecule has 1 aliphatic heterocycles. The van der Waals surface area contributed by atoms with Crippen molar-refractivity contribution in [3.05, 3.63) is 29.6 Å². The van der Waals surface area contributed by atoms with Gasteiger partial charge in [0.1, 0.15) is 5.69 Å². The predicted molar refractivity (Wildman–Crippen MR) is 76.6 cm³/mol. The summed E-state index contributed by atoms with van der Waals surface area (Å²) in [5, 5.41) is 15.2. The number of nitrogens with two attached hydrogens (primary N) is 1. The highest BCUT2D eigenvalue weighted by atomic mass is 16.5. The Balaban J connectivity index is 1.90. The highest BCUT2D eigenvalue weighted by Gasteiger charge is 2.19. The number of nitrogens with one attached hydrogen (secondary N) is 1. The van der Waals surface area contributed by atoms with Gasteiger partial charge in [0.05, 0.1) is 0 Å². The van der Waals surface area contributed by atoms with E-state index in [-0.39, 0.29) is 5.84 Å². The maximum atomic E-state index is 8.66. The van der Waals surface area contributed by atoms with Gasteiger partial charge in [-0.1, -0.05) is 5.16 Å². The van der Waals surface area contributed by atoms with Crippen LogP contribution in [-0.4, -0.2) is 35.3 Å². The molecule has 1 atom stereocenters. The molecule has 6 nitrogen and oxygen atoms in total. The Morgan fingerprint density at radius 2 is 2.35 bits per heavy atom. The number of hydrogen-bond acceptors (Lipinski definition) is 5. The summed E-state index contributed by atoms with van der Waals surface area (Å²) in [7, 11) is 0. The molecular weight excluding hydrogens is 256 g/mol. The van der Waals surface area contributed by atoms with Crippen LogP contribution in [0.25, 0.3) is 0 Å². The smallest absolute Gasteiger partial charge is 0.188 e. The van der Waals surface area contributed by atoms with Gasteiger partial charge in [0.15, 0.2) is 5.84 Å². The number of pyridine rings is 1. The first-order valence-electron chi connectivity index (χ1n) is 6.94. The van der Waals surface area contributed by atoms with Crippen LogP contribution in [-0.2, 0) is 11.3 Å². The summed E-state index contributed by atoms with van der Waals surface area (Å²) in [6.07, 6.45) is 3.89. The molecule has 0 radical (unpaired) electrons. The third-order valence-electron chi connectivity index (χ3n) is 3.80. The number of hydrogen-bond donors (Lipinski definition) is 3. The molecule has 1 aliphatic rings. The molecule has 1 aromatic rings. The summed E-state index contributed by atoms with van der Waals surface area (Å²) in [5.74, 6) is 0.693. The van der Waals surface area contributed by atoms with Gasteiger partial charge >= 0.3 is 0 Å². The predicted octanol–water partition coefficient (Wildman–Crippen LogP) is 1.08. The second kappa shape index (κ2) is 7.21. The van der Waals surface area contributed by atoms with Crippen molar-refractivity contribution in [3.63, 3.8) is 0 Å². The third-order valence-corrected chi connectivity index (χ3v) is 3.80. The number of amidine groups is 1. The fraction of sp³-hybridized carbons (Fsp3) is 0.571. The molecule has 6 heteroatoms. The van der Waals surface area contributed by atoms with Gasteiger partial charge < -0.3 is 21.0 Å². The molecule has 1 aromatic heterocycles. The first-order chi connectivity index (χ1) is 9.70. The average molecular weight is 278 g/mol. The van der Waals surface area contributed by atoms with E-state index in [0.717, 1.165) is 38.2 Å².